The van der Waals surface area contributed by atoms with Gasteiger partial charge in [0.05, 0.1) is 31.7 Å². The first kappa shape index (κ1) is 11.5. The van der Waals surface area contributed by atoms with Gasteiger partial charge in [0, 0.05) is 0 Å². The molecule has 2 nitrogen and oxygen atoms in total. The van der Waals surface area contributed by atoms with E-state index < -0.39 is 24.4 Å². The highest BCUT2D eigenvalue weighted by molar-refractivity contribution is 5.13. The number of aliphatic hydroxyl groups excluding tert-OH is 1. The van der Waals surface area contributed by atoms with Gasteiger partial charge in [-0.25, -0.2) is 8.78 Å². The summed E-state index contributed by atoms with van der Waals surface area (Å²) in [5.74, 6) is -4.48. The summed E-state index contributed by atoms with van der Waals surface area (Å²) < 4.78 is 31.1. The summed E-state index contributed by atoms with van der Waals surface area (Å²) in [7, 11) is 0. The van der Waals surface area contributed by atoms with Gasteiger partial charge in [0.1, 0.15) is 0 Å². The molecule has 0 radical (unpaired) electrons. The maximum atomic E-state index is 12.9. The van der Waals surface area contributed by atoms with Crippen LogP contribution in [0.3, 0.4) is 0 Å². The van der Waals surface area contributed by atoms with Crippen LogP contribution >= 0.6 is 0 Å². The fourth-order valence-corrected chi connectivity index (χ4v) is 1.81. The van der Waals surface area contributed by atoms with Crippen LogP contribution in [-0.4, -0.2) is 24.2 Å². The predicted octanol–water partition coefficient (Wildman–Crippen LogP) is 2.08. The molecule has 1 saturated carbocycles. The predicted molar refractivity (Wildman–Crippen MR) is 55.1 cm³/mol. The van der Waals surface area contributed by atoms with E-state index >= 15 is 0 Å². The molecule has 0 aliphatic heterocycles. The smallest absolute Gasteiger partial charge is 0.259 e. The molecule has 0 saturated heterocycles. The average Bonchev–Trinajstić information content (AvgIpc) is 2.81. The van der Waals surface area contributed by atoms with Crippen molar-refractivity contribution < 1.29 is 18.6 Å². The molecule has 1 fully saturated rings. The molecule has 2 rings (SSSR count). The van der Waals surface area contributed by atoms with Gasteiger partial charge >= 0.3 is 0 Å². The summed E-state index contributed by atoms with van der Waals surface area (Å²) in [5, 5.41) is 8.69. The Morgan fingerprint density at radius 3 is 2.44 bits per heavy atom. The van der Waals surface area contributed by atoms with E-state index in [0.29, 0.717) is 6.61 Å². The molecule has 0 amide bonds. The van der Waals surface area contributed by atoms with Crippen LogP contribution in [0.2, 0.25) is 0 Å². The second-order valence-electron chi connectivity index (χ2n) is 4.07. The Kier molecular flexibility index (Phi) is 3.21. The number of aliphatic hydroxyl groups is 1. The second-order valence-corrected chi connectivity index (χ2v) is 4.07. The Morgan fingerprint density at radius 1 is 1.19 bits per heavy atom. The van der Waals surface area contributed by atoms with Crippen LogP contribution in [0.5, 0.6) is 0 Å². The number of hydrogen-bond acceptors (Lipinski definition) is 2. The fourth-order valence-electron chi connectivity index (χ4n) is 1.81. The summed E-state index contributed by atoms with van der Waals surface area (Å²) in [4.78, 5) is 0. The standard InChI is InChI=1S/C12H14F2O2/c13-12(14)10(6-15)11(12)8-16-7-9-4-2-1-3-5-9/h1-5,10-11,15H,6-8H2/t10-,11+/m1/s1. The molecule has 88 valence electrons. The van der Waals surface area contributed by atoms with Crippen molar-refractivity contribution in [2.45, 2.75) is 12.5 Å². The monoisotopic (exact) mass is 228 g/mol. The summed E-state index contributed by atoms with van der Waals surface area (Å²) in [6.07, 6.45) is 0. The zero-order valence-corrected chi connectivity index (χ0v) is 8.77. The Bertz CT molecular complexity index is 340. The lowest BCUT2D eigenvalue weighted by Gasteiger charge is -2.03. The zero-order chi connectivity index (χ0) is 11.6. The van der Waals surface area contributed by atoms with Crippen LogP contribution < -0.4 is 0 Å². The molecule has 1 aliphatic carbocycles. The van der Waals surface area contributed by atoms with Crippen molar-refractivity contribution in [3.05, 3.63) is 35.9 Å². The molecule has 0 heterocycles. The van der Waals surface area contributed by atoms with Crippen molar-refractivity contribution in [1.29, 1.82) is 0 Å². The minimum Gasteiger partial charge on any atom is -0.396 e. The second kappa shape index (κ2) is 4.47. The Morgan fingerprint density at radius 2 is 1.88 bits per heavy atom. The third kappa shape index (κ3) is 2.23. The van der Waals surface area contributed by atoms with Crippen LogP contribution in [0.4, 0.5) is 8.78 Å². The highest BCUT2D eigenvalue weighted by Gasteiger charge is 2.67. The maximum Gasteiger partial charge on any atom is 0.259 e. The van der Waals surface area contributed by atoms with Crippen LogP contribution in [-0.2, 0) is 11.3 Å². The summed E-state index contributed by atoms with van der Waals surface area (Å²) in [6.45, 7) is -0.120. The van der Waals surface area contributed by atoms with E-state index in [1.54, 1.807) is 0 Å². The van der Waals surface area contributed by atoms with Crippen molar-refractivity contribution in [3.8, 4) is 0 Å². The Labute approximate surface area is 92.9 Å². The largest absolute Gasteiger partial charge is 0.396 e. The van der Waals surface area contributed by atoms with Gasteiger partial charge in [-0.05, 0) is 5.56 Å². The van der Waals surface area contributed by atoms with Crippen molar-refractivity contribution in [3.63, 3.8) is 0 Å². The zero-order valence-electron chi connectivity index (χ0n) is 8.77. The van der Waals surface area contributed by atoms with Gasteiger partial charge in [-0.2, -0.15) is 0 Å². The summed E-state index contributed by atoms with van der Waals surface area (Å²) in [5.41, 5.74) is 0.965. The van der Waals surface area contributed by atoms with E-state index in [9.17, 15) is 8.78 Å². The van der Waals surface area contributed by atoms with Gasteiger partial charge in [-0.15, -0.1) is 0 Å². The highest BCUT2D eigenvalue weighted by atomic mass is 19.3. The normalized spacial score (nSPS) is 26.7. The minimum absolute atomic E-state index is 0.00706. The van der Waals surface area contributed by atoms with Crippen molar-refractivity contribution in [2.75, 3.05) is 13.2 Å². The SMILES string of the molecule is OC[C@@H]1[C@H](COCc2ccccc2)C1(F)F. The molecule has 16 heavy (non-hydrogen) atoms. The molecule has 0 spiro atoms. The summed E-state index contributed by atoms with van der Waals surface area (Å²) >= 11 is 0. The highest BCUT2D eigenvalue weighted by Crippen LogP contribution is 2.54. The number of alkyl halides is 2. The number of halogens is 2. The van der Waals surface area contributed by atoms with E-state index in [2.05, 4.69) is 0 Å². The number of rotatable bonds is 5. The van der Waals surface area contributed by atoms with E-state index in [-0.39, 0.29) is 6.61 Å². The van der Waals surface area contributed by atoms with E-state index in [4.69, 9.17) is 9.84 Å². The number of ether oxygens (including phenoxy) is 1. The molecule has 0 unspecified atom stereocenters. The van der Waals surface area contributed by atoms with Gasteiger partial charge in [-0.1, -0.05) is 30.3 Å². The molecule has 1 N–H and O–H groups in total. The van der Waals surface area contributed by atoms with Crippen molar-refractivity contribution >= 4 is 0 Å². The molecule has 0 bridgehead atoms. The van der Waals surface area contributed by atoms with Crippen molar-refractivity contribution in [2.24, 2.45) is 11.8 Å². The molecule has 1 aromatic carbocycles. The third-order valence-corrected chi connectivity index (χ3v) is 2.97. The first-order valence-electron chi connectivity index (χ1n) is 5.26. The van der Waals surface area contributed by atoms with Gasteiger partial charge in [0.25, 0.3) is 5.92 Å². The Balaban J connectivity index is 1.74. The first-order valence-corrected chi connectivity index (χ1v) is 5.26. The lowest BCUT2D eigenvalue weighted by molar-refractivity contribution is 0.0435. The van der Waals surface area contributed by atoms with Gasteiger partial charge in [0.15, 0.2) is 0 Å². The fraction of sp³-hybridized carbons (Fsp3) is 0.500. The van der Waals surface area contributed by atoms with Gasteiger partial charge in [0.2, 0.25) is 0 Å². The summed E-state index contributed by atoms with van der Waals surface area (Å²) in [6, 6.07) is 9.41. The molecule has 1 aliphatic rings. The van der Waals surface area contributed by atoms with Crippen LogP contribution in [0.1, 0.15) is 5.56 Å². The lowest BCUT2D eigenvalue weighted by atomic mass is 10.2. The third-order valence-electron chi connectivity index (χ3n) is 2.97. The molecular weight excluding hydrogens is 214 g/mol. The number of hydrogen-bond donors (Lipinski definition) is 1. The van der Waals surface area contributed by atoms with E-state index in [1.807, 2.05) is 30.3 Å². The van der Waals surface area contributed by atoms with Crippen LogP contribution in [0, 0.1) is 11.8 Å². The minimum atomic E-state index is -2.74. The van der Waals surface area contributed by atoms with Gasteiger partial charge in [-0.3, -0.25) is 0 Å². The van der Waals surface area contributed by atoms with Gasteiger partial charge < -0.3 is 9.84 Å². The van der Waals surface area contributed by atoms with E-state index in [1.165, 1.54) is 0 Å². The molecule has 0 aromatic heterocycles. The topological polar surface area (TPSA) is 29.5 Å². The average molecular weight is 228 g/mol. The number of benzene rings is 1. The van der Waals surface area contributed by atoms with Crippen LogP contribution in [0.15, 0.2) is 30.3 Å². The lowest BCUT2D eigenvalue weighted by Crippen LogP contribution is -2.03. The molecule has 2 atom stereocenters. The van der Waals surface area contributed by atoms with Crippen LogP contribution in [0.25, 0.3) is 0 Å². The molecular formula is C12H14F2O2. The molecule has 4 heteroatoms. The van der Waals surface area contributed by atoms with Crippen molar-refractivity contribution in [1.82, 2.24) is 0 Å². The Hall–Kier alpha value is -1.00. The molecule has 1 aromatic rings. The first-order chi connectivity index (χ1) is 7.66. The van der Waals surface area contributed by atoms with E-state index in [0.717, 1.165) is 5.56 Å². The maximum absolute atomic E-state index is 12.9. The quantitative estimate of drug-likeness (QED) is 0.836.